The Labute approximate surface area is 175 Å². The number of nitrogens with zero attached hydrogens (tertiary/aromatic N) is 1. The molecule has 7 heteroatoms. The highest BCUT2D eigenvalue weighted by molar-refractivity contribution is 6.46. The van der Waals surface area contributed by atoms with E-state index in [2.05, 4.69) is 0 Å². The maximum absolute atomic E-state index is 12.9. The topological polar surface area (TPSA) is 96.3 Å². The van der Waals surface area contributed by atoms with Crippen LogP contribution in [-0.4, -0.2) is 47.6 Å². The molecule has 30 heavy (non-hydrogen) atoms. The van der Waals surface area contributed by atoms with Gasteiger partial charge in [0.2, 0.25) is 0 Å². The number of phenols is 1. The molecule has 1 aliphatic heterocycles. The highest BCUT2D eigenvalue weighted by Crippen LogP contribution is 2.42. The molecule has 7 nitrogen and oxygen atoms in total. The lowest BCUT2D eigenvalue weighted by molar-refractivity contribution is -0.139. The molecule has 2 aromatic carbocycles. The molecule has 1 fully saturated rings. The van der Waals surface area contributed by atoms with Gasteiger partial charge < -0.3 is 24.6 Å². The molecule has 0 aromatic heterocycles. The molecule has 2 N–H and O–H groups in total. The average Bonchev–Trinajstić information content (AvgIpc) is 3.01. The monoisotopic (exact) mass is 411 g/mol. The fourth-order valence-electron chi connectivity index (χ4n) is 3.62. The van der Waals surface area contributed by atoms with E-state index in [4.69, 9.17) is 9.47 Å². The molecule has 2 aromatic rings. The van der Waals surface area contributed by atoms with Crippen LogP contribution in [0.15, 0.2) is 48.0 Å². The van der Waals surface area contributed by atoms with Crippen molar-refractivity contribution in [1.29, 1.82) is 0 Å². The zero-order valence-electron chi connectivity index (χ0n) is 17.2. The van der Waals surface area contributed by atoms with Crippen molar-refractivity contribution in [3.8, 4) is 17.2 Å². The lowest BCUT2D eigenvalue weighted by Crippen LogP contribution is -2.30. The number of ether oxygens (including phenoxy) is 2. The summed E-state index contributed by atoms with van der Waals surface area (Å²) >= 11 is 0. The number of aliphatic hydroxyl groups is 1. The molecule has 1 unspecified atom stereocenters. The predicted molar refractivity (Wildman–Crippen MR) is 112 cm³/mol. The summed E-state index contributed by atoms with van der Waals surface area (Å²) < 4.78 is 10.5. The minimum absolute atomic E-state index is 0.00982. The first-order valence-electron chi connectivity index (χ1n) is 9.72. The second-order valence-electron chi connectivity index (χ2n) is 7.01. The highest BCUT2D eigenvalue weighted by atomic mass is 16.5. The van der Waals surface area contributed by atoms with Crippen LogP contribution in [0, 0.1) is 0 Å². The van der Waals surface area contributed by atoms with E-state index in [1.165, 1.54) is 31.3 Å². The number of benzene rings is 2. The van der Waals surface area contributed by atoms with Gasteiger partial charge in [-0.2, -0.15) is 0 Å². The van der Waals surface area contributed by atoms with E-state index in [0.29, 0.717) is 30.0 Å². The summed E-state index contributed by atoms with van der Waals surface area (Å²) in [5, 5.41) is 21.1. The van der Waals surface area contributed by atoms with E-state index in [1.54, 1.807) is 30.3 Å². The van der Waals surface area contributed by atoms with E-state index in [1.807, 2.05) is 6.92 Å². The molecule has 0 saturated carbocycles. The summed E-state index contributed by atoms with van der Waals surface area (Å²) in [7, 11) is 2.95. The zero-order chi connectivity index (χ0) is 21.8. The molecular formula is C23H25NO6. The number of aliphatic hydroxyl groups excluding tert-OH is 1. The summed E-state index contributed by atoms with van der Waals surface area (Å²) in [6, 6.07) is 10.3. The number of carbonyl (C=O) groups excluding carboxylic acids is 2. The Kier molecular flexibility index (Phi) is 6.30. The summed E-state index contributed by atoms with van der Waals surface area (Å²) in [6.45, 7) is 2.35. The Morgan fingerprint density at radius 3 is 2.50 bits per heavy atom. The summed E-state index contributed by atoms with van der Waals surface area (Å²) in [6.07, 6.45) is 1.54. The van der Waals surface area contributed by atoms with E-state index < -0.39 is 17.7 Å². The van der Waals surface area contributed by atoms with Crippen LogP contribution in [0.1, 0.15) is 36.9 Å². The van der Waals surface area contributed by atoms with Crippen molar-refractivity contribution in [1.82, 2.24) is 4.90 Å². The molecular weight excluding hydrogens is 386 g/mol. The number of hydrogen-bond donors (Lipinski definition) is 2. The van der Waals surface area contributed by atoms with Gasteiger partial charge in [0, 0.05) is 12.6 Å². The number of likely N-dealkylation sites (tertiary alicyclic amines) is 1. The lowest BCUT2D eigenvalue weighted by atomic mass is 9.94. The van der Waals surface area contributed by atoms with Crippen LogP contribution in [0.25, 0.3) is 5.76 Å². The second kappa shape index (κ2) is 8.90. The maximum atomic E-state index is 12.9. The second-order valence-corrected chi connectivity index (χ2v) is 7.01. The van der Waals surface area contributed by atoms with Crippen molar-refractivity contribution in [2.75, 3.05) is 20.8 Å². The standard InChI is InChI=1S/C23H25NO6/c1-4-5-11-24-20(14-7-6-8-15(25)12-14)19(22(27)23(24)28)21(26)17-10-9-16(29-2)13-18(17)30-3/h6-10,12-13,20,25-26H,4-5,11H2,1-3H3/b21-19-. The number of amides is 1. The molecule has 0 spiro atoms. The molecule has 1 saturated heterocycles. The quantitative estimate of drug-likeness (QED) is 0.410. The van der Waals surface area contributed by atoms with E-state index >= 15 is 0 Å². The fourth-order valence-corrected chi connectivity index (χ4v) is 3.62. The lowest BCUT2D eigenvalue weighted by Gasteiger charge is -2.25. The first kappa shape index (κ1) is 21.2. The van der Waals surface area contributed by atoms with Crippen LogP contribution >= 0.6 is 0 Å². The normalized spacial score (nSPS) is 18.0. The SMILES string of the molecule is CCCCN1C(=O)C(=O)/C(=C(\O)c2ccc(OC)cc2OC)C1c1cccc(O)c1. The number of hydrogen-bond acceptors (Lipinski definition) is 6. The van der Waals surface area contributed by atoms with Crippen LogP contribution in [-0.2, 0) is 9.59 Å². The van der Waals surface area contributed by atoms with E-state index in [-0.39, 0.29) is 22.6 Å². The third-order valence-electron chi connectivity index (χ3n) is 5.14. The largest absolute Gasteiger partial charge is 0.508 e. The average molecular weight is 411 g/mol. The number of Topliss-reactive ketones (excluding diaryl/α,β-unsaturated/α-hetero) is 1. The number of unbranched alkanes of at least 4 members (excludes halogenated alkanes) is 1. The molecule has 1 aliphatic rings. The van der Waals surface area contributed by atoms with Crippen LogP contribution in [0.3, 0.4) is 0 Å². The third kappa shape index (κ3) is 3.83. The minimum atomic E-state index is -0.810. The highest BCUT2D eigenvalue weighted by Gasteiger charge is 2.46. The Hall–Kier alpha value is -3.48. The van der Waals surface area contributed by atoms with Crippen LogP contribution in [0.2, 0.25) is 0 Å². The number of aromatic hydroxyl groups is 1. The number of ketones is 1. The van der Waals surface area contributed by atoms with E-state index in [9.17, 15) is 19.8 Å². The predicted octanol–water partition coefficient (Wildman–Crippen LogP) is 3.63. The third-order valence-corrected chi connectivity index (χ3v) is 5.14. The summed E-state index contributed by atoms with van der Waals surface area (Å²) in [4.78, 5) is 27.2. The van der Waals surface area contributed by atoms with Crippen LogP contribution in [0.5, 0.6) is 17.2 Å². The van der Waals surface area contributed by atoms with Crippen molar-refractivity contribution in [2.45, 2.75) is 25.8 Å². The van der Waals surface area contributed by atoms with Gasteiger partial charge in [0.15, 0.2) is 0 Å². The Morgan fingerprint density at radius 1 is 1.10 bits per heavy atom. The van der Waals surface area contributed by atoms with Crippen molar-refractivity contribution >= 4 is 17.4 Å². The molecule has 1 heterocycles. The van der Waals surface area contributed by atoms with Gasteiger partial charge in [0.05, 0.1) is 31.4 Å². The van der Waals surface area contributed by atoms with Gasteiger partial charge in [0.25, 0.3) is 11.7 Å². The molecule has 0 bridgehead atoms. The first-order chi connectivity index (χ1) is 14.4. The van der Waals surface area contributed by atoms with Crippen LogP contribution < -0.4 is 9.47 Å². The van der Waals surface area contributed by atoms with Gasteiger partial charge in [-0.05, 0) is 36.2 Å². The number of phenolic OH excluding ortho intramolecular Hbond substituents is 1. The zero-order valence-corrected chi connectivity index (χ0v) is 17.2. The van der Waals surface area contributed by atoms with Gasteiger partial charge in [-0.15, -0.1) is 0 Å². The Bertz CT molecular complexity index is 997. The molecule has 158 valence electrons. The Morgan fingerprint density at radius 2 is 1.87 bits per heavy atom. The fraction of sp³-hybridized carbons (Fsp3) is 0.304. The van der Waals surface area contributed by atoms with Crippen molar-refractivity contribution in [3.63, 3.8) is 0 Å². The molecule has 1 atom stereocenters. The number of rotatable bonds is 7. The molecule has 0 aliphatic carbocycles. The van der Waals surface area contributed by atoms with Crippen molar-refractivity contribution < 1.29 is 29.3 Å². The van der Waals surface area contributed by atoms with E-state index in [0.717, 1.165) is 6.42 Å². The number of carbonyl (C=O) groups is 2. The van der Waals surface area contributed by atoms with Gasteiger partial charge >= 0.3 is 0 Å². The van der Waals surface area contributed by atoms with Crippen molar-refractivity contribution in [2.24, 2.45) is 0 Å². The first-order valence-corrected chi connectivity index (χ1v) is 9.72. The molecule has 3 rings (SSSR count). The summed E-state index contributed by atoms with van der Waals surface area (Å²) in [5.41, 5.74) is 0.779. The smallest absolute Gasteiger partial charge is 0.295 e. The van der Waals surface area contributed by atoms with Gasteiger partial charge in [0.1, 0.15) is 23.0 Å². The number of methoxy groups -OCH3 is 2. The maximum Gasteiger partial charge on any atom is 0.295 e. The Balaban J connectivity index is 2.21. The van der Waals surface area contributed by atoms with Crippen LogP contribution in [0.4, 0.5) is 0 Å². The summed E-state index contributed by atoms with van der Waals surface area (Å²) in [5.74, 6) is -0.936. The molecule has 1 amide bonds. The van der Waals surface area contributed by atoms with Gasteiger partial charge in [-0.3, -0.25) is 9.59 Å². The van der Waals surface area contributed by atoms with Gasteiger partial charge in [-0.1, -0.05) is 25.5 Å². The van der Waals surface area contributed by atoms with Crippen molar-refractivity contribution in [3.05, 3.63) is 59.2 Å². The van der Waals surface area contributed by atoms with Gasteiger partial charge in [-0.25, -0.2) is 0 Å². The minimum Gasteiger partial charge on any atom is -0.508 e. The molecule has 0 radical (unpaired) electrons.